The Morgan fingerprint density at radius 1 is 1.08 bits per heavy atom. The Morgan fingerprint density at radius 3 is 2.08 bits per heavy atom. The third kappa shape index (κ3) is 1.89. The van der Waals surface area contributed by atoms with Gasteiger partial charge in [-0.15, -0.1) is 0 Å². The van der Waals surface area contributed by atoms with Crippen LogP contribution in [0.25, 0.3) is 0 Å². The van der Waals surface area contributed by atoms with Crippen molar-refractivity contribution in [1.29, 1.82) is 0 Å². The van der Waals surface area contributed by atoms with Crippen molar-refractivity contribution in [3.63, 3.8) is 0 Å². The first-order chi connectivity index (χ1) is 6.33. The molecule has 2 saturated heterocycles. The largest absolute Gasteiger partial charge is 0.311 e. The van der Waals surface area contributed by atoms with Gasteiger partial charge in [-0.1, -0.05) is 13.8 Å². The maximum atomic E-state index is 3.70. The van der Waals surface area contributed by atoms with Gasteiger partial charge in [0.15, 0.2) is 0 Å². The lowest BCUT2D eigenvalue weighted by Gasteiger charge is -2.36. The fraction of sp³-hybridized carbons (Fsp3) is 1.00. The van der Waals surface area contributed by atoms with Crippen LogP contribution in [0.5, 0.6) is 0 Å². The molecule has 2 fully saturated rings. The van der Waals surface area contributed by atoms with Crippen molar-refractivity contribution in [2.75, 3.05) is 13.1 Å². The molecule has 0 radical (unpaired) electrons. The molecule has 1 N–H and O–H groups in total. The van der Waals surface area contributed by atoms with Crippen LogP contribution in [-0.2, 0) is 0 Å². The molecule has 2 rings (SSSR count). The summed E-state index contributed by atoms with van der Waals surface area (Å²) in [5.74, 6) is 0. The molecular weight excluding hydrogens is 160 g/mol. The van der Waals surface area contributed by atoms with Crippen molar-refractivity contribution in [3.8, 4) is 0 Å². The Kier molecular flexibility index (Phi) is 2.89. The molecule has 2 nitrogen and oxygen atoms in total. The molecule has 0 saturated carbocycles. The molecule has 13 heavy (non-hydrogen) atoms. The second kappa shape index (κ2) is 3.97. The minimum Gasteiger partial charge on any atom is -0.311 e. The maximum absolute atomic E-state index is 3.70. The van der Waals surface area contributed by atoms with E-state index < -0.39 is 0 Å². The zero-order valence-electron chi connectivity index (χ0n) is 8.92. The molecule has 1 unspecified atom stereocenters. The first-order valence-electron chi connectivity index (χ1n) is 5.83. The molecule has 0 aromatic heterocycles. The molecule has 2 heterocycles. The van der Waals surface area contributed by atoms with Crippen LogP contribution in [-0.4, -0.2) is 36.1 Å². The number of piperidine rings is 1. The van der Waals surface area contributed by atoms with Crippen LogP contribution < -0.4 is 5.32 Å². The van der Waals surface area contributed by atoms with Crippen molar-refractivity contribution in [1.82, 2.24) is 10.2 Å². The molecular formula is C11H22N2. The van der Waals surface area contributed by atoms with E-state index in [0.717, 1.165) is 18.1 Å². The summed E-state index contributed by atoms with van der Waals surface area (Å²) in [7, 11) is 0. The first-order valence-corrected chi connectivity index (χ1v) is 5.83. The molecule has 0 amide bonds. The summed E-state index contributed by atoms with van der Waals surface area (Å²) in [6.45, 7) is 7.02. The van der Waals surface area contributed by atoms with E-state index in [4.69, 9.17) is 0 Å². The number of rotatable bonds is 3. The van der Waals surface area contributed by atoms with Gasteiger partial charge in [-0.05, 0) is 38.8 Å². The van der Waals surface area contributed by atoms with Gasteiger partial charge >= 0.3 is 0 Å². The number of nitrogens with zero attached hydrogens (tertiary/aromatic N) is 1. The Bertz CT molecular complexity index is 153. The third-order valence-corrected chi connectivity index (χ3v) is 3.78. The van der Waals surface area contributed by atoms with E-state index >= 15 is 0 Å². The lowest BCUT2D eigenvalue weighted by Crippen LogP contribution is -2.48. The number of fused-ring (bicyclic) bond motifs is 2. The summed E-state index contributed by atoms with van der Waals surface area (Å²) in [5.41, 5.74) is 0. The molecule has 2 heteroatoms. The van der Waals surface area contributed by atoms with Gasteiger partial charge in [0, 0.05) is 18.1 Å². The Morgan fingerprint density at radius 2 is 1.62 bits per heavy atom. The minimum absolute atomic E-state index is 0.837. The fourth-order valence-electron chi connectivity index (χ4n) is 3.07. The van der Waals surface area contributed by atoms with Gasteiger partial charge in [0.05, 0.1) is 0 Å². The minimum atomic E-state index is 0.837. The molecule has 0 aromatic rings. The van der Waals surface area contributed by atoms with Gasteiger partial charge in [-0.25, -0.2) is 0 Å². The van der Waals surface area contributed by atoms with Crippen LogP contribution in [0.1, 0.15) is 39.5 Å². The van der Waals surface area contributed by atoms with Gasteiger partial charge in [0.1, 0.15) is 0 Å². The highest BCUT2D eigenvalue weighted by atomic mass is 15.2. The summed E-state index contributed by atoms with van der Waals surface area (Å²) in [6.07, 6.45) is 5.61. The van der Waals surface area contributed by atoms with Crippen LogP contribution in [0, 0.1) is 0 Å². The fourth-order valence-corrected chi connectivity index (χ4v) is 3.07. The molecule has 2 aliphatic heterocycles. The van der Waals surface area contributed by atoms with Crippen LogP contribution in [0.3, 0.4) is 0 Å². The average molecular weight is 182 g/mol. The smallest absolute Gasteiger partial charge is 0.0125 e. The maximum Gasteiger partial charge on any atom is 0.0125 e. The van der Waals surface area contributed by atoms with E-state index in [0.29, 0.717) is 0 Å². The summed E-state index contributed by atoms with van der Waals surface area (Å²) in [4.78, 5) is 2.63. The molecule has 2 bridgehead atoms. The first kappa shape index (κ1) is 9.47. The van der Waals surface area contributed by atoms with Crippen molar-refractivity contribution >= 4 is 0 Å². The summed E-state index contributed by atoms with van der Waals surface area (Å²) in [5, 5.41) is 3.70. The molecule has 3 atom stereocenters. The van der Waals surface area contributed by atoms with E-state index in [-0.39, 0.29) is 0 Å². The highest BCUT2D eigenvalue weighted by Gasteiger charge is 2.34. The average Bonchev–Trinajstić information content (AvgIpc) is 2.48. The molecule has 2 aliphatic rings. The Labute approximate surface area is 81.7 Å². The Hall–Kier alpha value is -0.0800. The zero-order chi connectivity index (χ0) is 9.26. The van der Waals surface area contributed by atoms with Crippen LogP contribution in [0.15, 0.2) is 0 Å². The zero-order valence-corrected chi connectivity index (χ0v) is 8.92. The lowest BCUT2D eigenvalue weighted by molar-refractivity contribution is 0.155. The Balaban J connectivity index is 1.93. The van der Waals surface area contributed by atoms with Crippen LogP contribution in [0.2, 0.25) is 0 Å². The van der Waals surface area contributed by atoms with E-state index in [2.05, 4.69) is 24.1 Å². The molecule has 0 aliphatic carbocycles. The molecule has 0 spiro atoms. The predicted octanol–water partition coefficient (Wildman–Crippen LogP) is 1.61. The van der Waals surface area contributed by atoms with E-state index in [9.17, 15) is 0 Å². The normalized spacial score (nSPS) is 38.5. The number of hydrogen-bond acceptors (Lipinski definition) is 2. The molecule has 0 aromatic carbocycles. The molecule has 76 valence electrons. The van der Waals surface area contributed by atoms with Crippen LogP contribution in [0.4, 0.5) is 0 Å². The standard InChI is InChI=1S/C11H22N2/c1-3-13(4-2)11-7-9-5-6-10(8-11)12-9/h9-12H,3-8H2,1-2H3/t9-,10+,11?. The highest BCUT2D eigenvalue weighted by molar-refractivity contribution is 4.95. The van der Waals surface area contributed by atoms with Gasteiger partial charge < -0.3 is 10.2 Å². The topological polar surface area (TPSA) is 15.3 Å². The SMILES string of the molecule is CCN(CC)C1C[C@H]2CC[C@@H](C1)N2. The van der Waals surface area contributed by atoms with Crippen molar-refractivity contribution < 1.29 is 0 Å². The quantitative estimate of drug-likeness (QED) is 0.713. The number of nitrogens with one attached hydrogen (secondary N) is 1. The lowest BCUT2D eigenvalue weighted by atomic mass is 9.98. The number of hydrogen-bond donors (Lipinski definition) is 1. The van der Waals surface area contributed by atoms with Crippen molar-refractivity contribution in [2.24, 2.45) is 0 Å². The third-order valence-electron chi connectivity index (χ3n) is 3.78. The van der Waals surface area contributed by atoms with Crippen molar-refractivity contribution in [3.05, 3.63) is 0 Å². The van der Waals surface area contributed by atoms with Gasteiger partial charge in [0.25, 0.3) is 0 Å². The van der Waals surface area contributed by atoms with Gasteiger partial charge in [-0.2, -0.15) is 0 Å². The predicted molar refractivity (Wildman–Crippen MR) is 55.9 cm³/mol. The summed E-state index contributed by atoms with van der Waals surface area (Å²) < 4.78 is 0. The van der Waals surface area contributed by atoms with E-state index in [1.54, 1.807) is 0 Å². The van der Waals surface area contributed by atoms with Crippen molar-refractivity contribution in [2.45, 2.75) is 57.7 Å². The highest BCUT2D eigenvalue weighted by Crippen LogP contribution is 2.29. The summed E-state index contributed by atoms with van der Waals surface area (Å²) >= 11 is 0. The van der Waals surface area contributed by atoms with E-state index in [1.807, 2.05) is 0 Å². The van der Waals surface area contributed by atoms with E-state index in [1.165, 1.54) is 38.8 Å². The van der Waals surface area contributed by atoms with Gasteiger partial charge in [0.2, 0.25) is 0 Å². The van der Waals surface area contributed by atoms with Gasteiger partial charge in [-0.3, -0.25) is 0 Å². The monoisotopic (exact) mass is 182 g/mol. The second-order valence-electron chi connectivity index (χ2n) is 4.48. The summed E-state index contributed by atoms with van der Waals surface area (Å²) in [6, 6.07) is 2.54. The van der Waals surface area contributed by atoms with Crippen LogP contribution >= 0.6 is 0 Å². The second-order valence-corrected chi connectivity index (χ2v) is 4.48.